The van der Waals surface area contributed by atoms with E-state index >= 15 is 0 Å². The van der Waals surface area contributed by atoms with Crippen LogP contribution < -0.4 is 11.1 Å². The molecule has 8 heteroatoms. The van der Waals surface area contributed by atoms with Crippen molar-refractivity contribution in [3.63, 3.8) is 0 Å². The molecular weight excluding hydrogens is 362 g/mol. The molecule has 0 atom stereocenters. The molecule has 7 nitrogen and oxygen atoms in total. The Balaban J connectivity index is 1.64. The monoisotopic (exact) mass is 381 g/mol. The highest BCUT2D eigenvalue weighted by atomic mass is 32.1. The lowest BCUT2D eigenvalue weighted by Crippen LogP contribution is -2.15. The number of benzene rings is 1. The van der Waals surface area contributed by atoms with Gasteiger partial charge in [-0.3, -0.25) is 10.1 Å². The maximum atomic E-state index is 12.9. The van der Waals surface area contributed by atoms with Gasteiger partial charge in [0.15, 0.2) is 10.9 Å². The van der Waals surface area contributed by atoms with Gasteiger partial charge in [0.25, 0.3) is 5.91 Å². The average Bonchev–Trinajstić information content (AvgIpc) is 3.38. The van der Waals surface area contributed by atoms with Crippen LogP contribution in [0.4, 0.5) is 5.13 Å². The molecule has 1 amide bonds. The largest absolute Gasteiger partial charge is 0.463 e. The van der Waals surface area contributed by atoms with Crippen LogP contribution in [-0.2, 0) is 6.42 Å². The van der Waals surface area contributed by atoms with E-state index < -0.39 is 0 Å². The molecular formula is C19H19N5O2S. The predicted molar refractivity (Wildman–Crippen MR) is 106 cm³/mol. The molecule has 0 unspecified atom stereocenters. The van der Waals surface area contributed by atoms with E-state index in [1.165, 1.54) is 11.3 Å². The summed E-state index contributed by atoms with van der Waals surface area (Å²) < 4.78 is 5.34. The first-order valence-electron chi connectivity index (χ1n) is 8.64. The number of hydrogen-bond acceptors (Lipinski definition) is 6. The molecule has 1 aromatic carbocycles. The van der Waals surface area contributed by atoms with Crippen LogP contribution in [0.5, 0.6) is 0 Å². The highest BCUT2D eigenvalue weighted by molar-refractivity contribution is 7.14. The first-order valence-corrected chi connectivity index (χ1v) is 9.52. The molecule has 3 aromatic heterocycles. The highest BCUT2D eigenvalue weighted by Gasteiger charge is 2.18. The quantitative estimate of drug-likeness (QED) is 0.471. The van der Waals surface area contributed by atoms with Crippen LogP contribution >= 0.6 is 11.3 Å². The number of imidazole rings is 1. The fourth-order valence-electron chi connectivity index (χ4n) is 3.03. The number of hydrogen-bond donors (Lipinski definition) is 3. The van der Waals surface area contributed by atoms with Gasteiger partial charge in [-0.15, -0.1) is 11.3 Å². The number of rotatable bonds is 6. The molecule has 0 fully saturated rings. The maximum absolute atomic E-state index is 12.9. The topological polar surface area (TPSA) is 110 Å². The van der Waals surface area contributed by atoms with Gasteiger partial charge in [-0.25, -0.2) is 9.97 Å². The van der Waals surface area contributed by atoms with Crippen LogP contribution in [0.2, 0.25) is 0 Å². The summed E-state index contributed by atoms with van der Waals surface area (Å²) in [5.74, 6) is 1.29. The van der Waals surface area contributed by atoms with Crippen molar-refractivity contribution in [1.82, 2.24) is 15.0 Å². The van der Waals surface area contributed by atoms with Crippen molar-refractivity contribution in [3.8, 4) is 11.5 Å². The van der Waals surface area contributed by atoms with E-state index in [9.17, 15) is 4.79 Å². The number of H-pyrrole nitrogens is 1. The summed E-state index contributed by atoms with van der Waals surface area (Å²) in [5.41, 5.74) is 9.62. The standard InChI is InChI=1S/C19H19N5O2S/c1-11-21-14-7-6-13(12(4-2-8-20)17(14)22-11)18(25)24-19-23-15(10-27-19)16-5-3-9-26-16/h3,5-7,9-10H,2,4,8,20H2,1H3,(H,21,22)(H,23,24,25). The third-order valence-electron chi connectivity index (χ3n) is 4.25. The summed E-state index contributed by atoms with van der Waals surface area (Å²) in [7, 11) is 0. The molecule has 0 saturated heterocycles. The number of fused-ring (bicyclic) bond motifs is 1. The van der Waals surface area contributed by atoms with E-state index in [0.29, 0.717) is 35.1 Å². The van der Waals surface area contributed by atoms with Crippen molar-refractivity contribution >= 4 is 33.4 Å². The van der Waals surface area contributed by atoms with Crippen LogP contribution in [0.1, 0.15) is 28.2 Å². The van der Waals surface area contributed by atoms with Gasteiger partial charge < -0.3 is 15.1 Å². The number of anilines is 1. The second-order valence-corrected chi connectivity index (χ2v) is 7.03. The Hall–Kier alpha value is -2.97. The van der Waals surface area contributed by atoms with E-state index in [-0.39, 0.29) is 5.91 Å². The Bertz CT molecular complexity index is 1080. The Labute approximate surface area is 159 Å². The highest BCUT2D eigenvalue weighted by Crippen LogP contribution is 2.27. The van der Waals surface area contributed by atoms with Crippen LogP contribution in [0.3, 0.4) is 0 Å². The number of thiazole rings is 1. The maximum Gasteiger partial charge on any atom is 0.257 e. The third kappa shape index (κ3) is 3.49. The van der Waals surface area contributed by atoms with Gasteiger partial charge in [0.05, 0.1) is 17.3 Å². The number of amides is 1. The van der Waals surface area contributed by atoms with E-state index in [1.54, 1.807) is 12.3 Å². The van der Waals surface area contributed by atoms with Gasteiger partial charge in [-0.2, -0.15) is 0 Å². The normalized spacial score (nSPS) is 11.2. The number of nitrogens with zero attached hydrogens (tertiary/aromatic N) is 2. The molecule has 0 aliphatic rings. The molecule has 0 spiro atoms. The summed E-state index contributed by atoms with van der Waals surface area (Å²) in [4.78, 5) is 25.1. The molecule has 0 bridgehead atoms. The van der Waals surface area contributed by atoms with E-state index in [0.717, 1.165) is 28.8 Å². The molecule has 0 aliphatic heterocycles. The van der Waals surface area contributed by atoms with Crippen molar-refractivity contribution in [2.75, 3.05) is 11.9 Å². The first kappa shape index (κ1) is 17.4. The van der Waals surface area contributed by atoms with Gasteiger partial charge in [-0.05, 0) is 56.1 Å². The lowest BCUT2D eigenvalue weighted by Gasteiger charge is -2.09. The van der Waals surface area contributed by atoms with E-state index in [4.69, 9.17) is 10.2 Å². The second-order valence-electron chi connectivity index (χ2n) is 6.17. The van der Waals surface area contributed by atoms with Crippen LogP contribution in [-0.4, -0.2) is 27.4 Å². The van der Waals surface area contributed by atoms with Crippen molar-refractivity contribution in [2.45, 2.75) is 19.8 Å². The molecule has 4 rings (SSSR count). The third-order valence-corrected chi connectivity index (χ3v) is 5.01. The molecule has 27 heavy (non-hydrogen) atoms. The van der Waals surface area contributed by atoms with Gasteiger partial charge >= 0.3 is 0 Å². The number of nitrogens with two attached hydrogens (primary N) is 1. The number of furan rings is 1. The number of carbonyl (C=O) groups is 1. The van der Waals surface area contributed by atoms with Crippen LogP contribution in [0.15, 0.2) is 40.3 Å². The van der Waals surface area contributed by atoms with Crippen molar-refractivity contribution in [2.24, 2.45) is 5.73 Å². The molecule has 138 valence electrons. The molecule has 3 heterocycles. The Morgan fingerprint density at radius 1 is 1.33 bits per heavy atom. The minimum atomic E-state index is -0.204. The second kappa shape index (κ2) is 7.34. The zero-order chi connectivity index (χ0) is 18.8. The number of nitrogens with one attached hydrogen (secondary N) is 2. The van der Waals surface area contributed by atoms with Gasteiger partial charge in [0, 0.05) is 10.9 Å². The van der Waals surface area contributed by atoms with Crippen molar-refractivity contribution in [1.29, 1.82) is 0 Å². The number of aryl methyl sites for hydroxylation is 2. The summed E-state index contributed by atoms with van der Waals surface area (Å²) in [6.07, 6.45) is 3.07. The number of aromatic amines is 1. The van der Waals surface area contributed by atoms with E-state index in [2.05, 4.69) is 20.3 Å². The zero-order valence-electron chi connectivity index (χ0n) is 14.8. The van der Waals surface area contributed by atoms with Crippen molar-refractivity contribution < 1.29 is 9.21 Å². The van der Waals surface area contributed by atoms with Gasteiger partial charge in [0.2, 0.25) is 0 Å². The summed E-state index contributed by atoms with van der Waals surface area (Å²) in [6.45, 7) is 2.46. The van der Waals surface area contributed by atoms with Gasteiger partial charge in [0.1, 0.15) is 11.5 Å². The first-order chi connectivity index (χ1) is 13.2. The number of carbonyl (C=O) groups excluding carboxylic acids is 1. The molecule has 0 radical (unpaired) electrons. The van der Waals surface area contributed by atoms with Crippen LogP contribution in [0.25, 0.3) is 22.5 Å². The fraction of sp³-hybridized carbons (Fsp3) is 0.211. The van der Waals surface area contributed by atoms with Gasteiger partial charge in [-0.1, -0.05) is 0 Å². The minimum Gasteiger partial charge on any atom is -0.463 e. The lowest BCUT2D eigenvalue weighted by molar-refractivity contribution is 0.102. The Morgan fingerprint density at radius 2 is 2.22 bits per heavy atom. The molecule has 0 saturated carbocycles. The summed E-state index contributed by atoms with van der Waals surface area (Å²) in [5, 5.41) is 5.26. The SMILES string of the molecule is Cc1nc2c(CCCN)c(C(=O)Nc3nc(-c4ccco4)cs3)ccc2[nH]1. The molecule has 4 N–H and O–H groups in total. The van der Waals surface area contributed by atoms with E-state index in [1.807, 2.05) is 30.5 Å². The van der Waals surface area contributed by atoms with Crippen molar-refractivity contribution in [3.05, 3.63) is 52.9 Å². The molecule has 4 aromatic rings. The van der Waals surface area contributed by atoms with Crippen LogP contribution in [0, 0.1) is 6.92 Å². The molecule has 0 aliphatic carbocycles. The fourth-order valence-corrected chi connectivity index (χ4v) is 3.73. The Morgan fingerprint density at radius 3 is 3.00 bits per heavy atom. The Kier molecular flexibility index (Phi) is 4.74. The zero-order valence-corrected chi connectivity index (χ0v) is 15.6. The smallest absolute Gasteiger partial charge is 0.257 e. The number of aromatic nitrogens is 3. The average molecular weight is 381 g/mol. The summed E-state index contributed by atoms with van der Waals surface area (Å²) >= 11 is 1.36. The lowest BCUT2D eigenvalue weighted by atomic mass is 10.0. The predicted octanol–water partition coefficient (Wildman–Crippen LogP) is 3.73. The minimum absolute atomic E-state index is 0.204. The summed E-state index contributed by atoms with van der Waals surface area (Å²) in [6, 6.07) is 7.34.